The molecule has 21 heavy (non-hydrogen) atoms. The summed E-state index contributed by atoms with van der Waals surface area (Å²) >= 11 is 11.9. The van der Waals surface area contributed by atoms with Gasteiger partial charge in [-0.15, -0.1) is 0 Å². The van der Waals surface area contributed by atoms with Gasteiger partial charge >= 0.3 is 0 Å². The van der Waals surface area contributed by atoms with Crippen LogP contribution in [0.4, 0.5) is 0 Å². The van der Waals surface area contributed by atoms with Gasteiger partial charge in [-0.3, -0.25) is 0 Å². The number of hydrogen-bond donors (Lipinski definition) is 1. The fraction of sp³-hybridized carbons (Fsp3) is 0.400. The lowest BCUT2D eigenvalue weighted by Crippen LogP contribution is -2.19. The molecule has 0 atom stereocenters. The number of ether oxygens (including phenoxy) is 1. The van der Waals surface area contributed by atoms with Gasteiger partial charge in [0.15, 0.2) is 5.76 Å². The molecule has 6 heteroatoms. The van der Waals surface area contributed by atoms with E-state index in [2.05, 4.69) is 24.3 Å². The lowest BCUT2D eigenvalue weighted by atomic mass is 10.2. The van der Waals surface area contributed by atoms with Crippen molar-refractivity contribution in [1.29, 1.82) is 0 Å². The second-order valence-corrected chi connectivity index (χ2v) is 6.02. The van der Waals surface area contributed by atoms with Crippen LogP contribution in [0, 0.1) is 5.92 Å². The van der Waals surface area contributed by atoms with Gasteiger partial charge < -0.3 is 14.6 Å². The van der Waals surface area contributed by atoms with E-state index in [1.165, 1.54) is 0 Å². The molecule has 0 bridgehead atoms. The molecule has 0 aliphatic carbocycles. The lowest BCUT2D eigenvalue weighted by Gasteiger charge is -2.05. The van der Waals surface area contributed by atoms with Gasteiger partial charge in [0.1, 0.15) is 12.4 Å². The third kappa shape index (κ3) is 5.23. The molecule has 0 aliphatic rings. The fourth-order valence-corrected chi connectivity index (χ4v) is 2.20. The van der Waals surface area contributed by atoms with Crippen LogP contribution in [0.3, 0.4) is 0 Å². The van der Waals surface area contributed by atoms with E-state index in [1.807, 2.05) is 6.07 Å². The Hall–Kier alpha value is -1.23. The highest BCUT2D eigenvalue weighted by atomic mass is 35.5. The third-order valence-corrected chi connectivity index (χ3v) is 3.26. The van der Waals surface area contributed by atoms with Crippen molar-refractivity contribution in [3.05, 3.63) is 45.8 Å². The maximum absolute atomic E-state index is 6.03. The first-order chi connectivity index (χ1) is 10.0. The van der Waals surface area contributed by atoms with Crippen LogP contribution in [0.5, 0.6) is 5.75 Å². The van der Waals surface area contributed by atoms with Crippen LogP contribution < -0.4 is 10.1 Å². The second-order valence-electron chi connectivity index (χ2n) is 5.17. The number of aromatic nitrogens is 1. The van der Waals surface area contributed by atoms with Crippen LogP contribution in [0.15, 0.2) is 28.8 Å². The Morgan fingerprint density at radius 1 is 1.29 bits per heavy atom. The summed E-state index contributed by atoms with van der Waals surface area (Å²) in [6.07, 6.45) is 0. The standard InChI is InChI=1S/C15H18Cl2N2O2/c1-10(2)7-18-8-12-6-13(21-19-12)9-20-15-4-3-11(16)5-14(15)17/h3-6,10,18H,7-9H2,1-2H3. The summed E-state index contributed by atoms with van der Waals surface area (Å²) in [6.45, 7) is 6.22. The molecule has 1 heterocycles. The molecule has 0 unspecified atom stereocenters. The topological polar surface area (TPSA) is 47.3 Å². The largest absolute Gasteiger partial charge is 0.484 e. The predicted molar refractivity (Wildman–Crippen MR) is 83.8 cm³/mol. The van der Waals surface area contributed by atoms with Gasteiger partial charge in [-0.05, 0) is 30.7 Å². The summed E-state index contributed by atoms with van der Waals surface area (Å²) in [4.78, 5) is 0. The molecule has 0 amide bonds. The van der Waals surface area contributed by atoms with Gasteiger partial charge in [-0.25, -0.2) is 0 Å². The normalized spacial score (nSPS) is 11.1. The van der Waals surface area contributed by atoms with E-state index in [0.717, 1.165) is 12.2 Å². The minimum absolute atomic E-state index is 0.276. The summed E-state index contributed by atoms with van der Waals surface area (Å²) in [5.74, 6) is 1.83. The molecule has 0 aliphatic heterocycles. The van der Waals surface area contributed by atoms with Crippen molar-refractivity contribution >= 4 is 23.2 Å². The smallest absolute Gasteiger partial charge is 0.174 e. The van der Waals surface area contributed by atoms with Crippen molar-refractivity contribution in [2.75, 3.05) is 6.54 Å². The number of halogens is 2. The number of nitrogens with zero attached hydrogens (tertiary/aromatic N) is 1. The van der Waals surface area contributed by atoms with E-state index in [9.17, 15) is 0 Å². The highest BCUT2D eigenvalue weighted by Gasteiger charge is 2.07. The average molecular weight is 329 g/mol. The summed E-state index contributed by atoms with van der Waals surface area (Å²) in [5.41, 5.74) is 0.858. The zero-order valence-electron chi connectivity index (χ0n) is 12.0. The third-order valence-electron chi connectivity index (χ3n) is 2.73. The molecule has 1 aromatic heterocycles. The first-order valence-corrected chi connectivity index (χ1v) is 7.53. The maximum atomic E-state index is 6.03. The monoisotopic (exact) mass is 328 g/mol. The van der Waals surface area contributed by atoms with E-state index >= 15 is 0 Å². The van der Waals surface area contributed by atoms with Crippen molar-refractivity contribution < 1.29 is 9.26 Å². The molecule has 0 saturated heterocycles. The van der Waals surface area contributed by atoms with Gasteiger partial charge in [0.05, 0.1) is 10.7 Å². The number of nitrogens with one attached hydrogen (secondary N) is 1. The molecule has 2 aromatic rings. The second kappa shape index (κ2) is 7.69. The van der Waals surface area contributed by atoms with Gasteiger partial charge in [-0.1, -0.05) is 42.2 Å². The summed E-state index contributed by atoms with van der Waals surface area (Å²) in [5, 5.41) is 8.34. The predicted octanol–water partition coefficient (Wildman–Crippen LogP) is 4.31. The highest BCUT2D eigenvalue weighted by Crippen LogP contribution is 2.28. The molecular weight excluding hydrogens is 311 g/mol. The van der Waals surface area contributed by atoms with Gasteiger partial charge in [0.25, 0.3) is 0 Å². The molecule has 1 N–H and O–H groups in total. The van der Waals surface area contributed by atoms with E-state index in [0.29, 0.717) is 34.0 Å². The van der Waals surface area contributed by atoms with E-state index in [-0.39, 0.29) is 6.61 Å². The molecule has 0 fully saturated rings. The quantitative estimate of drug-likeness (QED) is 0.822. The Balaban J connectivity index is 1.85. The molecule has 2 rings (SSSR count). The van der Waals surface area contributed by atoms with Crippen LogP contribution in [0.25, 0.3) is 0 Å². The summed E-state index contributed by atoms with van der Waals surface area (Å²) in [7, 11) is 0. The Bertz CT molecular complexity index is 585. The Kier molecular flexibility index (Phi) is 5.91. The molecule has 0 radical (unpaired) electrons. The molecule has 114 valence electrons. The molecule has 1 aromatic carbocycles. The number of rotatable bonds is 7. The van der Waals surface area contributed by atoms with Crippen molar-refractivity contribution in [2.24, 2.45) is 5.92 Å². The lowest BCUT2D eigenvalue weighted by molar-refractivity contribution is 0.248. The van der Waals surface area contributed by atoms with Gasteiger partial charge in [0.2, 0.25) is 0 Å². The van der Waals surface area contributed by atoms with Crippen LogP contribution >= 0.6 is 23.2 Å². The van der Waals surface area contributed by atoms with Crippen LogP contribution in [-0.4, -0.2) is 11.7 Å². The van der Waals surface area contributed by atoms with Crippen molar-refractivity contribution in [3.8, 4) is 5.75 Å². The molecule has 0 spiro atoms. The Morgan fingerprint density at radius 3 is 2.81 bits per heavy atom. The first kappa shape index (κ1) is 16.1. The SMILES string of the molecule is CC(C)CNCc1cc(COc2ccc(Cl)cc2Cl)on1. The van der Waals surface area contributed by atoms with Gasteiger partial charge in [-0.2, -0.15) is 0 Å². The Morgan fingerprint density at radius 2 is 2.10 bits per heavy atom. The highest BCUT2D eigenvalue weighted by molar-refractivity contribution is 6.35. The van der Waals surface area contributed by atoms with E-state index in [4.69, 9.17) is 32.5 Å². The maximum Gasteiger partial charge on any atom is 0.174 e. The zero-order valence-corrected chi connectivity index (χ0v) is 13.5. The minimum Gasteiger partial charge on any atom is -0.484 e. The van der Waals surface area contributed by atoms with Gasteiger partial charge in [0, 0.05) is 17.6 Å². The molecule has 4 nitrogen and oxygen atoms in total. The summed E-state index contributed by atoms with van der Waals surface area (Å²) in [6, 6.07) is 6.97. The van der Waals surface area contributed by atoms with Crippen LogP contribution in [0.2, 0.25) is 10.0 Å². The minimum atomic E-state index is 0.276. The number of benzene rings is 1. The molecular formula is C15H18Cl2N2O2. The van der Waals surface area contributed by atoms with Crippen molar-refractivity contribution in [2.45, 2.75) is 27.0 Å². The van der Waals surface area contributed by atoms with Crippen molar-refractivity contribution in [3.63, 3.8) is 0 Å². The average Bonchev–Trinajstić information content (AvgIpc) is 2.85. The molecule has 0 saturated carbocycles. The summed E-state index contributed by atoms with van der Waals surface area (Å²) < 4.78 is 10.8. The first-order valence-electron chi connectivity index (χ1n) is 6.77. The van der Waals surface area contributed by atoms with Crippen molar-refractivity contribution in [1.82, 2.24) is 10.5 Å². The number of hydrogen-bond acceptors (Lipinski definition) is 4. The van der Waals surface area contributed by atoms with E-state index < -0.39 is 0 Å². The van der Waals surface area contributed by atoms with E-state index in [1.54, 1.807) is 18.2 Å². The Labute approximate surface area is 134 Å². The zero-order chi connectivity index (χ0) is 15.2. The van der Waals surface area contributed by atoms with Crippen LogP contribution in [0.1, 0.15) is 25.3 Å². The van der Waals surface area contributed by atoms with Crippen LogP contribution in [-0.2, 0) is 13.2 Å². The fourth-order valence-electron chi connectivity index (χ4n) is 1.74.